The lowest BCUT2D eigenvalue weighted by Crippen LogP contribution is -2.55. The van der Waals surface area contributed by atoms with E-state index in [1.807, 2.05) is 21.7 Å². The molecule has 1 aliphatic heterocycles. The molecule has 3 rings (SSSR count). The van der Waals surface area contributed by atoms with Crippen LogP contribution < -0.4 is 4.90 Å². The Hall–Kier alpha value is -1.99. The molecule has 1 N–H and O–H groups in total. The summed E-state index contributed by atoms with van der Waals surface area (Å²) in [5.74, 6) is 0.793. The molecule has 7 heteroatoms. The summed E-state index contributed by atoms with van der Waals surface area (Å²) in [6.45, 7) is 1.63. The Labute approximate surface area is 145 Å². The first-order chi connectivity index (χ1) is 11.6. The topological polar surface area (TPSA) is 69.6 Å². The van der Waals surface area contributed by atoms with Crippen LogP contribution in [0.3, 0.4) is 0 Å². The summed E-state index contributed by atoms with van der Waals surface area (Å²) in [5.41, 5.74) is 0.100. The Morgan fingerprint density at radius 2 is 2.38 bits per heavy atom. The second kappa shape index (κ2) is 7.27. The van der Waals surface area contributed by atoms with E-state index in [0.29, 0.717) is 25.9 Å². The molecule has 0 saturated carbocycles. The second-order valence-electron chi connectivity index (χ2n) is 6.37. The van der Waals surface area contributed by atoms with Crippen LogP contribution >= 0.6 is 11.3 Å². The van der Waals surface area contributed by atoms with E-state index in [-0.39, 0.29) is 5.91 Å². The number of hydrogen-bond donors (Lipinski definition) is 1. The van der Waals surface area contributed by atoms with Gasteiger partial charge in [-0.3, -0.25) is 9.78 Å². The smallest absolute Gasteiger partial charge is 0.226 e. The van der Waals surface area contributed by atoms with Crippen LogP contribution in [-0.4, -0.2) is 58.2 Å². The third-order valence-electron chi connectivity index (χ3n) is 4.32. The molecule has 0 bridgehead atoms. The van der Waals surface area contributed by atoms with Crippen molar-refractivity contribution >= 4 is 23.1 Å². The maximum atomic E-state index is 12.4. The molecular formula is C17H22N4O2S. The van der Waals surface area contributed by atoms with Gasteiger partial charge in [-0.1, -0.05) is 0 Å². The quantitative estimate of drug-likeness (QED) is 0.890. The van der Waals surface area contributed by atoms with Gasteiger partial charge in [0, 0.05) is 32.5 Å². The van der Waals surface area contributed by atoms with Crippen LogP contribution in [0, 0.1) is 0 Å². The van der Waals surface area contributed by atoms with Gasteiger partial charge in [0.1, 0.15) is 5.82 Å². The van der Waals surface area contributed by atoms with Crippen LogP contribution in [0.15, 0.2) is 35.4 Å². The molecule has 3 heterocycles. The van der Waals surface area contributed by atoms with Gasteiger partial charge >= 0.3 is 0 Å². The number of hydrogen-bond acceptors (Lipinski definition) is 6. The average molecular weight is 346 g/mol. The van der Waals surface area contributed by atoms with Gasteiger partial charge < -0.3 is 14.9 Å². The number of amides is 1. The molecule has 0 radical (unpaired) electrons. The van der Waals surface area contributed by atoms with E-state index in [4.69, 9.17) is 0 Å². The summed E-state index contributed by atoms with van der Waals surface area (Å²) in [7, 11) is 1.76. The maximum absolute atomic E-state index is 12.4. The highest BCUT2D eigenvalue weighted by atomic mass is 32.1. The number of aromatic nitrogens is 2. The minimum Gasteiger partial charge on any atom is -0.386 e. The highest BCUT2D eigenvalue weighted by Crippen LogP contribution is 2.25. The molecule has 0 aromatic carbocycles. The highest BCUT2D eigenvalue weighted by molar-refractivity contribution is 7.07. The number of likely N-dealkylation sites (N-methyl/N-ethyl adjacent to an activating group) is 1. The van der Waals surface area contributed by atoms with Gasteiger partial charge in [-0.25, -0.2) is 4.98 Å². The van der Waals surface area contributed by atoms with Gasteiger partial charge in [-0.15, -0.1) is 0 Å². The van der Waals surface area contributed by atoms with Crippen molar-refractivity contribution in [2.75, 3.05) is 31.6 Å². The van der Waals surface area contributed by atoms with Gasteiger partial charge in [0.25, 0.3) is 0 Å². The predicted octanol–water partition coefficient (Wildman–Crippen LogP) is 1.57. The SMILES string of the molecule is CN(CC1(O)CCCN(c2cnccn2)C1)C(=O)Cc1ccsc1. The van der Waals surface area contributed by atoms with Gasteiger partial charge in [-0.2, -0.15) is 11.3 Å². The zero-order valence-corrected chi connectivity index (χ0v) is 14.6. The lowest BCUT2D eigenvalue weighted by atomic mass is 9.92. The van der Waals surface area contributed by atoms with E-state index < -0.39 is 5.60 Å². The first-order valence-corrected chi connectivity index (χ1v) is 8.98. The normalized spacial score (nSPS) is 20.8. The largest absolute Gasteiger partial charge is 0.386 e. The number of rotatable bonds is 5. The van der Waals surface area contributed by atoms with E-state index in [0.717, 1.165) is 24.3 Å². The maximum Gasteiger partial charge on any atom is 0.226 e. The van der Waals surface area contributed by atoms with Crippen molar-refractivity contribution < 1.29 is 9.90 Å². The van der Waals surface area contributed by atoms with Crippen LogP contribution in [0.2, 0.25) is 0 Å². The zero-order valence-electron chi connectivity index (χ0n) is 13.8. The molecule has 128 valence electrons. The fraction of sp³-hybridized carbons (Fsp3) is 0.471. The fourth-order valence-corrected chi connectivity index (χ4v) is 3.79. The highest BCUT2D eigenvalue weighted by Gasteiger charge is 2.35. The molecule has 1 fully saturated rings. The molecule has 24 heavy (non-hydrogen) atoms. The van der Waals surface area contributed by atoms with Crippen LogP contribution in [0.5, 0.6) is 0 Å². The lowest BCUT2D eigenvalue weighted by molar-refractivity contribution is -0.132. The standard InChI is InChI=1S/C17H22N4O2S/c1-20(16(22)9-14-3-8-24-11-14)12-17(23)4-2-7-21(13-17)15-10-18-5-6-19-15/h3,5-6,8,10-11,23H,2,4,7,9,12-13H2,1H3. The van der Waals surface area contributed by atoms with Crippen molar-refractivity contribution in [1.29, 1.82) is 0 Å². The van der Waals surface area contributed by atoms with Crippen LogP contribution in [0.1, 0.15) is 18.4 Å². The van der Waals surface area contributed by atoms with Crippen molar-refractivity contribution in [2.24, 2.45) is 0 Å². The van der Waals surface area contributed by atoms with Crippen LogP contribution in [-0.2, 0) is 11.2 Å². The second-order valence-corrected chi connectivity index (χ2v) is 7.15. The first kappa shape index (κ1) is 16.9. The summed E-state index contributed by atoms with van der Waals surface area (Å²) in [6, 6.07) is 1.96. The van der Waals surface area contributed by atoms with Crippen molar-refractivity contribution in [2.45, 2.75) is 24.9 Å². The molecular weight excluding hydrogens is 324 g/mol. The molecule has 0 aliphatic carbocycles. The van der Waals surface area contributed by atoms with Crippen molar-refractivity contribution in [3.8, 4) is 0 Å². The molecule has 1 saturated heterocycles. The number of anilines is 1. The predicted molar refractivity (Wildman–Crippen MR) is 94.1 cm³/mol. The summed E-state index contributed by atoms with van der Waals surface area (Å²) in [5, 5.41) is 14.9. The summed E-state index contributed by atoms with van der Waals surface area (Å²) in [4.78, 5) is 24.4. The Bertz CT molecular complexity index is 664. The minimum absolute atomic E-state index is 0.0263. The average Bonchev–Trinajstić information content (AvgIpc) is 3.08. The summed E-state index contributed by atoms with van der Waals surface area (Å²) in [6.07, 6.45) is 6.91. The molecule has 2 aromatic heterocycles. The Kier molecular flexibility index (Phi) is 5.11. The zero-order chi connectivity index (χ0) is 17.0. The van der Waals surface area contributed by atoms with E-state index in [9.17, 15) is 9.90 Å². The number of piperidine rings is 1. The monoisotopic (exact) mass is 346 g/mol. The molecule has 6 nitrogen and oxygen atoms in total. The summed E-state index contributed by atoms with van der Waals surface area (Å²) < 4.78 is 0. The third kappa shape index (κ3) is 4.10. The molecule has 0 spiro atoms. The molecule has 1 unspecified atom stereocenters. The Morgan fingerprint density at radius 3 is 3.08 bits per heavy atom. The number of aliphatic hydroxyl groups is 1. The van der Waals surface area contributed by atoms with E-state index in [2.05, 4.69) is 9.97 Å². The van der Waals surface area contributed by atoms with Gasteiger partial charge in [-0.05, 0) is 35.2 Å². The number of β-amino-alcohol motifs (C(OH)–C–C–N with tert-alkyl or cyclic N) is 1. The lowest BCUT2D eigenvalue weighted by Gasteiger charge is -2.41. The van der Waals surface area contributed by atoms with Gasteiger partial charge in [0.05, 0.1) is 24.8 Å². The molecule has 1 amide bonds. The van der Waals surface area contributed by atoms with Crippen molar-refractivity contribution in [1.82, 2.24) is 14.9 Å². The van der Waals surface area contributed by atoms with E-state index in [1.165, 1.54) is 0 Å². The van der Waals surface area contributed by atoms with Crippen molar-refractivity contribution in [3.05, 3.63) is 41.0 Å². The first-order valence-electron chi connectivity index (χ1n) is 8.04. The van der Waals surface area contributed by atoms with Crippen LogP contribution in [0.4, 0.5) is 5.82 Å². The molecule has 1 atom stereocenters. The third-order valence-corrected chi connectivity index (χ3v) is 5.05. The minimum atomic E-state index is -0.922. The van der Waals surface area contributed by atoms with Crippen LogP contribution in [0.25, 0.3) is 0 Å². The Balaban J connectivity index is 1.61. The fourth-order valence-electron chi connectivity index (χ4n) is 3.12. The number of carbonyl (C=O) groups excluding carboxylic acids is 1. The molecule has 2 aromatic rings. The number of thiophene rings is 1. The molecule has 1 aliphatic rings. The van der Waals surface area contributed by atoms with E-state index in [1.54, 1.807) is 41.9 Å². The Morgan fingerprint density at radius 1 is 1.50 bits per heavy atom. The van der Waals surface area contributed by atoms with Gasteiger partial charge in [0.2, 0.25) is 5.91 Å². The number of carbonyl (C=O) groups is 1. The summed E-state index contributed by atoms with van der Waals surface area (Å²) >= 11 is 1.59. The van der Waals surface area contributed by atoms with E-state index >= 15 is 0 Å². The number of nitrogens with zero attached hydrogens (tertiary/aromatic N) is 4. The van der Waals surface area contributed by atoms with Gasteiger partial charge in [0.15, 0.2) is 0 Å². The van der Waals surface area contributed by atoms with Crippen molar-refractivity contribution in [3.63, 3.8) is 0 Å².